The van der Waals surface area contributed by atoms with Crippen molar-refractivity contribution < 1.29 is 4.74 Å². The normalized spacial score (nSPS) is 17.1. The Hall–Kier alpha value is -1.06. The monoisotopic (exact) mass is 234 g/mol. The van der Waals surface area contributed by atoms with Gasteiger partial charge in [-0.25, -0.2) is 0 Å². The van der Waals surface area contributed by atoms with Crippen LogP contribution in [0.4, 0.5) is 0 Å². The third-order valence-corrected chi connectivity index (χ3v) is 3.30. The zero-order valence-corrected chi connectivity index (χ0v) is 11.0. The molecule has 1 fully saturated rings. The summed E-state index contributed by atoms with van der Waals surface area (Å²) in [6, 6.07) is 4.42. The lowest BCUT2D eigenvalue weighted by molar-refractivity contribution is 0.230. The van der Waals surface area contributed by atoms with Crippen LogP contribution in [0.2, 0.25) is 0 Å². The Morgan fingerprint density at radius 3 is 2.59 bits per heavy atom. The molecule has 0 radical (unpaired) electrons. The van der Waals surface area contributed by atoms with Gasteiger partial charge in [0, 0.05) is 38.3 Å². The molecular weight excluding hydrogens is 212 g/mol. The third kappa shape index (κ3) is 2.99. The molecule has 2 rings (SSSR count). The summed E-state index contributed by atoms with van der Waals surface area (Å²) in [7, 11) is 1.76. The van der Waals surface area contributed by atoms with E-state index in [4.69, 9.17) is 4.74 Å². The maximum absolute atomic E-state index is 5.53. The molecular formula is C14H22N2O. The largest absolute Gasteiger partial charge is 0.496 e. The van der Waals surface area contributed by atoms with E-state index in [1.807, 2.05) is 0 Å². The first-order chi connectivity index (χ1) is 8.20. The average Bonchev–Trinajstić information content (AvgIpc) is 2.30. The molecule has 0 bridgehead atoms. The summed E-state index contributed by atoms with van der Waals surface area (Å²) < 4.78 is 5.53. The quantitative estimate of drug-likeness (QED) is 0.862. The Morgan fingerprint density at radius 2 is 1.94 bits per heavy atom. The SMILES string of the molecule is COc1c(C)cc(C)cc1CN1CCNCC1. The van der Waals surface area contributed by atoms with Gasteiger partial charge in [-0.2, -0.15) is 0 Å². The van der Waals surface area contributed by atoms with Crippen LogP contribution in [-0.4, -0.2) is 38.2 Å². The highest BCUT2D eigenvalue weighted by molar-refractivity contribution is 5.43. The van der Waals surface area contributed by atoms with Crippen LogP contribution >= 0.6 is 0 Å². The lowest BCUT2D eigenvalue weighted by Crippen LogP contribution is -2.42. The molecule has 94 valence electrons. The highest BCUT2D eigenvalue weighted by Crippen LogP contribution is 2.26. The molecule has 1 aromatic carbocycles. The zero-order valence-electron chi connectivity index (χ0n) is 11.0. The van der Waals surface area contributed by atoms with Gasteiger partial charge in [-0.15, -0.1) is 0 Å². The Morgan fingerprint density at radius 1 is 1.24 bits per heavy atom. The smallest absolute Gasteiger partial charge is 0.126 e. The number of methoxy groups -OCH3 is 1. The number of ether oxygens (including phenoxy) is 1. The molecule has 17 heavy (non-hydrogen) atoms. The van der Waals surface area contributed by atoms with E-state index in [0.717, 1.165) is 38.5 Å². The van der Waals surface area contributed by atoms with Gasteiger partial charge in [-0.3, -0.25) is 4.90 Å². The average molecular weight is 234 g/mol. The number of benzene rings is 1. The van der Waals surface area contributed by atoms with E-state index >= 15 is 0 Å². The molecule has 1 aromatic rings. The molecule has 1 N–H and O–H groups in total. The van der Waals surface area contributed by atoms with Crippen molar-refractivity contribution in [2.45, 2.75) is 20.4 Å². The second kappa shape index (κ2) is 5.52. The number of rotatable bonds is 3. The van der Waals surface area contributed by atoms with Crippen LogP contribution in [0, 0.1) is 13.8 Å². The van der Waals surface area contributed by atoms with Crippen molar-refractivity contribution in [3.05, 3.63) is 28.8 Å². The Kier molecular flexibility index (Phi) is 4.02. The topological polar surface area (TPSA) is 24.5 Å². The van der Waals surface area contributed by atoms with Gasteiger partial charge in [0.15, 0.2) is 0 Å². The summed E-state index contributed by atoms with van der Waals surface area (Å²) in [6.07, 6.45) is 0. The summed E-state index contributed by atoms with van der Waals surface area (Å²) in [6.45, 7) is 9.68. The summed E-state index contributed by atoms with van der Waals surface area (Å²) in [5.41, 5.74) is 3.86. The van der Waals surface area contributed by atoms with Gasteiger partial charge in [0.25, 0.3) is 0 Å². The highest BCUT2D eigenvalue weighted by Gasteiger charge is 2.14. The molecule has 1 saturated heterocycles. The fourth-order valence-corrected chi connectivity index (χ4v) is 2.56. The van der Waals surface area contributed by atoms with Gasteiger partial charge in [0.2, 0.25) is 0 Å². The van der Waals surface area contributed by atoms with Crippen molar-refractivity contribution >= 4 is 0 Å². The minimum absolute atomic E-state index is 0.993. The predicted molar refractivity (Wildman–Crippen MR) is 70.6 cm³/mol. The molecule has 1 aliphatic heterocycles. The van der Waals surface area contributed by atoms with Crippen molar-refractivity contribution in [2.24, 2.45) is 0 Å². The second-order valence-electron chi connectivity index (χ2n) is 4.80. The summed E-state index contributed by atoms with van der Waals surface area (Å²) in [4.78, 5) is 2.48. The van der Waals surface area contributed by atoms with Gasteiger partial charge in [-0.05, 0) is 19.4 Å². The molecule has 0 aromatic heterocycles. The maximum Gasteiger partial charge on any atom is 0.126 e. The van der Waals surface area contributed by atoms with Gasteiger partial charge in [-0.1, -0.05) is 17.7 Å². The van der Waals surface area contributed by atoms with Crippen molar-refractivity contribution in [3.8, 4) is 5.75 Å². The second-order valence-corrected chi connectivity index (χ2v) is 4.80. The standard InChI is InChI=1S/C14H22N2O/c1-11-8-12(2)14(17-3)13(9-11)10-16-6-4-15-5-7-16/h8-9,15H,4-7,10H2,1-3H3. The van der Waals surface area contributed by atoms with Crippen LogP contribution in [0.25, 0.3) is 0 Å². The van der Waals surface area contributed by atoms with E-state index in [9.17, 15) is 0 Å². The molecule has 0 unspecified atom stereocenters. The molecule has 1 heterocycles. The summed E-state index contributed by atoms with van der Waals surface area (Å²) >= 11 is 0. The van der Waals surface area contributed by atoms with Gasteiger partial charge in [0.05, 0.1) is 7.11 Å². The number of nitrogens with zero attached hydrogens (tertiary/aromatic N) is 1. The molecule has 3 nitrogen and oxygen atoms in total. The van der Waals surface area contributed by atoms with E-state index in [-0.39, 0.29) is 0 Å². The van der Waals surface area contributed by atoms with Crippen LogP contribution in [0.15, 0.2) is 12.1 Å². The Balaban J connectivity index is 2.18. The molecule has 0 spiro atoms. The number of hydrogen-bond donors (Lipinski definition) is 1. The molecule has 0 aliphatic carbocycles. The number of nitrogens with one attached hydrogen (secondary N) is 1. The first kappa shape index (κ1) is 12.4. The van der Waals surface area contributed by atoms with Crippen LogP contribution in [0.3, 0.4) is 0 Å². The van der Waals surface area contributed by atoms with Crippen molar-refractivity contribution in [1.82, 2.24) is 10.2 Å². The highest BCUT2D eigenvalue weighted by atomic mass is 16.5. The minimum Gasteiger partial charge on any atom is -0.496 e. The lowest BCUT2D eigenvalue weighted by Gasteiger charge is -2.28. The molecule has 0 amide bonds. The van der Waals surface area contributed by atoms with Crippen LogP contribution in [-0.2, 0) is 6.54 Å². The summed E-state index contributed by atoms with van der Waals surface area (Å²) in [5, 5.41) is 3.38. The van der Waals surface area contributed by atoms with Gasteiger partial charge >= 0.3 is 0 Å². The minimum atomic E-state index is 0.993. The molecule has 1 aliphatic rings. The Bertz CT molecular complexity index is 384. The van der Waals surface area contributed by atoms with Crippen molar-refractivity contribution in [1.29, 1.82) is 0 Å². The van der Waals surface area contributed by atoms with Crippen molar-refractivity contribution in [3.63, 3.8) is 0 Å². The predicted octanol–water partition coefficient (Wildman–Crippen LogP) is 1.72. The van der Waals surface area contributed by atoms with E-state index < -0.39 is 0 Å². The van der Waals surface area contributed by atoms with Gasteiger partial charge < -0.3 is 10.1 Å². The lowest BCUT2D eigenvalue weighted by atomic mass is 10.0. The number of hydrogen-bond acceptors (Lipinski definition) is 3. The van der Waals surface area contributed by atoms with E-state index in [0.29, 0.717) is 0 Å². The molecule has 3 heteroatoms. The third-order valence-electron chi connectivity index (χ3n) is 3.30. The fraction of sp³-hybridized carbons (Fsp3) is 0.571. The molecule has 0 saturated carbocycles. The maximum atomic E-state index is 5.53. The van der Waals surface area contributed by atoms with E-state index in [1.54, 1.807) is 7.11 Å². The first-order valence-corrected chi connectivity index (χ1v) is 6.28. The number of piperazine rings is 1. The van der Waals surface area contributed by atoms with Gasteiger partial charge in [0.1, 0.15) is 5.75 Å². The number of aryl methyl sites for hydroxylation is 2. The first-order valence-electron chi connectivity index (χ1n) is 6.28. The molecule has 0 atom stereocenters. The fourth-order valence-electron chi connectivity index (χ4n) is 2.56. The Labute approximate surface area is 104 Å². The van der Waals surface area contributed by atoms with E-state index in [2.05, 4.69) is 36.2 Å². The van der Waals surface area contributed by atoms with Crippen molar-refractivity contribution in [2.75, 3.05) is 33.3 Å². The van der Waals surface area contributed by atoms with E-state index in [1.165, 1.54) is 16.7 Å². The summed E-state index contributed by atoms with van der Waals surface area (Å²) in [5.74, 6) is 1.05. The van der Waals surface area contributed by atoms with Crippen LogP contribution < -0.4 is 10.1 Å². The van der Waals surface area contributed by atoms with Crippen LogP contribution in [0.1, 0.15) is 16.7 Å². The van der Waals surface area contributed by atoms with Crippen LogP contribution in [0.5, 0.6) is 5.75 Å². The zero-order chi connectivity index (χ0) is 12.3.